The van der Waals surface area contributed by atoms with Crippen LogP contribution in [0.4, 0.5) is 14.5 Å². The van der Waals surface area contributed by atoms with E-state index in [-0.39, 0.29) is 21.0 Å². The second-order valence-corrected chi connectivity index (χ2v) is 4.76. The Morgan fingerprint density at radius 3 is 2.58 bits per heavy atom. The van der Waals surface area contributed by atoms with Crippen LogP contribution in [-0.4, -0.2) is 11.1 Å². The van der Waals surface area contributed by atoms with Gasteiger partial charge in [-0.25, -0.2) is 13.6 Å². The van der Waals surface area contributed by atoms with Crippen LogP contribution in [0.3, 0.4) is 0 Å². The normalized spacial score (nSPS) is 10.4. The van der Waals surface area contributed by atoms with Crippen LogP contribution in [-0.2, 0) is 0 Å². The van der Waals surface area contributed by atoms with E-state index in [4.69, 9.17) is 10.8 Å². The summed E-state index contributed by atoms with van der Waals surface area (Å²) in [5, 5.41) is 9.06. The largest absolute Gasteiger partial charge is 0.478 e. The fourth-order valence-corrected chi connectivity index (χ4v) is 2.47. The van der Waals surface area contributed by atoms with E-state index < -0.39 is 17.6 Å². The zero-order valence-electron chi connectivity index (χ0n) is 9.56. The molecule has 2 rings (SSSR count). The van der Waals surface area contributed by atoms with Crippen molar-refractivity contribution >= 4 is 23.4 Å². The summed E-state index contributed by atoms with van der Waals surface area (Å²) in [5.41, 5.74) is 5.92. The molecule has 0 fully saturated rings. The average molecular weight is 281 g/mol. The van der Waals surface area contributed by atoms with Crippen molar-refractivity contribution in [2.45, 2.75) is 9.79 Å². The lowest BCUT2D eigenvalue weighted by Crippen LogP contribution is -2.02. The number of nitrogens with two attached hydrogens (primary N) is 1. The topological polar surface area (TPSA) is 63.3 Å². The minimum absolute atomic E-state index is 0.0197. The summed E-state index contributed by atoms with van der Waals surface area (Å²) in [6.07, 6.45) is 0. The van der Waals surface area contributed by atoms with Crippen molar-refractivity contribution in [3.8, 4) is 0 Å². The summed E-state index contributed by atoms with van der Waals surface area (Å²) in [5.74, 6) is -2.61. The maximum absolute atomic E-state index is 13.6. The maximum Gasteiger partial charge on any atom is 0.336 e. The summed E-state index contributed by atoms with van der Waals surface area (Å²) in [4.78, 5) is 11.4. The molecule has 19 heavy (non-hydrogen) atoms. The molecule has 0 saturated carbocycles. The first-order valence-electron chi connectivity index (χ1n) is 5.23. The Morgan fingerprint density at radius 1 is 1.21 bits per heavy atom. The number of rotatable bonds is 3. The molecule has 3 N–H and O–H groups in total. The molecule has 3 nitrogen and oxygen atoms in total. The second kappa shape index (κ2) is 5.27. The lowest BCUT2D eigenvalue weighted by molar-refractivity contribution is 0.0693. The highest BCUT2D eigenvalue weighted by Gasteiger charge is 2.15. The summed E-state index contributed by atoms with van der Waals surface area (Å²) < 4.78 is 26.4. The van der Waals surface area contributed by atoms with Gasteiger partial charge in [0.25, 0.3) is 0 Å². The number of carbonyl (C=O) groups is 1. The highest BCUT2D eigenvalue weighted by molar-refractivity contribution is 7.99. The molecule has 0 heterocycles. The fourth-order valence-electron chi connectivity index (χ4n) is 1.51. The van der Waals surface area contributed by atoms with E-state index in [1.807, 2.05) is 0 Å². The number of hydrogen-bond donors (Lipinski definition) is 2. The van der Waals surface area contributed by atoms with E-state index in [0.717, 1.165) is 23.9 Å². The van der Waals surface area contributed by atoms with Gasteiger partial charge in [0.15, 0.2) is 0 Å². The van der Waals surface area contributed by atoms with E-state index in [0.29, 0.717) is 0 Å². The third-order valence-electron chi connectivity index (χ3n) is 2.38. The molecule has 0 radical (unpaired) electrons. The predicted molar refractivity (Wildman–Crippen MR) is 68.3 cm³/mol. The summed E-state index contributed by atoms with van der Waals surface area (Å²) in [6, 6.07) is 7.49. The van der Waals surface area contributed by atoms with Gasteiger partial charge in [-0.2, -0.15) is 0 Å². The van der Waals surface area contributed by atoms with Gasteiger partial charge in [-0.15, -0.1) is 0 Å². The van der Waals surface area contributed by atoms with Crippen molar-refractivity contribution < 1.29 is 18.7 Å². The first-order valence-corrected chi connectivity index (χ1v) is 6.05. The van der Waals surface area contributed by atoms with Crippen molar-refractivity contribution in [1.82, 2.24) is 0 Å². The Labute approximate surface area is 112 Å². The summed E-state index contributed by atoms with van der Waals surface area (Å²) >= 11 is 0.857. The van der Waals surface area contributed by atoms with Crippen molar-refractivity contribution in [1.29, 1.82) is 0 Å². The van der Waals surface area contributed by atoms with Crippen LogP contribution in [0.5, 0.6) is 0 Å². The van der Waals surface area contributed by atoms with Gasteiger partial charge in [-0.1, -0.05) is 17.8 Å². The van der Waals surface area contributed by atoms with Crippen LogP contribution in [0.1, 0.15) is 10.4 Å². The van der Waals surface area contributed by atoms with Gasteiger partial charge in [0, 0.05) is 21.5 Å². The molecule has 2 aromatic rings. The van der Waals surface area contributed by atoms with E-state index in [1.54, 1.807) is 0 Å². The average Bonchev–Trinajstić information content (AvgIpc) is 2.34. The van der Waals surface area contributed by atoms with Crippen LogP contribution in [0, 0.1) is 11.6 Å². The molecule has 0 atom stereocenters. The Hall–Kier alpha value is -2.08. The van der Waals surface area contributed by atoms with Gasteiger partial charge in [-0.3, -0.25) is 0 Å². The Balaban J connectivity index is 2.46. The van der Waals surface area contributed by atoms with E-state index in [2.05, 4.69) is 0 Å². The van der Waals surface area contributed by atoms with E-state index >= 15 is 0 Å². The molecular formula is C13H9F2NO2S. The minimum Gasteiger partial charge on any atom is -0.478 e. The number of anilines is 1. The number of benzene rings is 2. The van der Waals surface area contributed by atoms with Crippen LogP contribution < -0.4 is 5.73 Å². The summed E-state index contributed by atoms with van der Waals surface area (Å²) in [7, 11) is 0. The molecule has 2 aromatic carbocycles. The molecule has 0 amide bonds. The van der Waals surface area contributed by atoms with Gasteiger partial charge in [-0.05, 0) is 24.3 Å². The number of aromatic carboxylic acids is 1. The standard InChI is InChI=1S/C13H9F2NO2S/c14-7-4-5-11(9(15)6-7)19-12-8(13(17)18)2-1-3-10(12)16/h1-6H,16H2,(H,17,18). The van der Waals surface area contributed by atoms with Gasteiger partial charge in [0.1, 0.15) is 11.6 Å². The first-order chi connectivity index (χ1) is 8.99. The zero-order chi connectivity index (χ0) is 14.0. The SMILES string of the molecule is Nc1cccc(C(=O)O)c1Sc1ccc(F)cc1F. The molecule has 0 aliphatic rings. The maximum atomic E-state index is 13.6. The number of nitrogen functional groups attached to an aromatic ring is 1. The molecular weight excluding hydrogens is 272 g/mol. The minimum atomic E-state index is -1.16. The van der Waals surface area contributed by atoms with Crippen molar-refractivity contribution in [3.05, 3.63) is 53.6 Å². The molecule has 6 heteroatoms. The zero-order valence-corrected chi connectivity index (χ0v) is 10.4. The number of halogens is 2. The van der Waals surface area contributed by atoms with Crippen LogP contribution in [0.2, 0.25) is 0 Å². The third kappa shape index (κ3) is 2.85. The summed E-state index contributed by atoms with van der Waals surface area (Å²) in [6.45, 7) is 0. The molecule has 0 aromatic heterocycles. The molecule has 0 unspecified atom stereocenters. The molecule has 98 valence electrons. The van der Waals surface area contributed by atoms with E-state index in [1.165, 1.54) is 24.3 Å². The molecule has 0 spiro atoms. The highest BCUT2D eigenvalue weighted by Crippen LogP contribution is 2.36. The fraction of sp³-hybridized carbons (Fsp3) is 0. The second-order valence-electron chi connectivity index (χ2n) is 3.71. The van der Waals surface area contributed by atoms with E-state index in [9.17, 15) is 13.6 Å². The van der Waals surface area contributed by atoms with Crippen LogP contribution in [0.25, 0.3) is 0 Å². The van der Waals surface area contributed by atoms with Crippen molar-refractivity contribution in [3.63, 3.8) is 0 Å². The van der Waals surface area contributed by atoms with Crippen LogP contribution in [0.15, 0.2) is 46.2 Å². The number of hydrogen-bond acceptors (Lipinski definition) is 3. The molecule has 0 aliphatic carbocycles. The van der Waals surface area contributed by atoms with Gasteiger partial charge in [0.05, 0.1) is 5.56 Å². The first kappa shape index (κ1) is 13.4. The Morgan fingerprint density at radius 2 is 1.95 bits per heavy atom. The monoisotopic (exact) mass is 281 g/mol. The Kier molecular flexibility index (Phi) is 3.71. The van der Waals surface area contributed by atoms with Gasteiger partial charge >= 0.3 is 5.97 Å². The smallest absolute Gasteiger partial charge is 0.336 e. The Bertz CT molecular complexity index is 647. The lowest BCUT2D eigenvalue weighted by Gasteiger charge is -2.09. The third-order valence-corrected chi connectivity index (χ3v) is 3.59. The number of carboxylic acid groups (broad SMARTS) is 1. The molecule has 0 bridgehead atoms. The molecule has 0 aliphatic heterocycles. The molecule has 0 saturated heterocycles. The number of carboxylic acids is 1. The van der Waals surface area contributed by atoms with Crippen molar-refractivity contribution in [2.24, 2.45) is 0 Å². The highest BCUT2D eigenvalue weighted by atomic mass is 32.2. The van der Waals surface area contributed by atoms with Crippen LogP contribution >= 0.6 is 11.8 Å². The van der Waals surface area contributed by atoms with Gasteiger partial charge in [0.2, 0.25) is 0 Å². The van der Waals surface area contributed by atoms with Gasteiger partial charge < -0.3 is 10.8 Å². The van der Waals surface area contributed by atoms with Crippen molar-refractivity contribution in [2.75, 3.05) is 5.73 Å². The quantitative estimate of drug-likeness (QED) is 0.846. The predicted octanol–water partition coefficient (Wildman–Crippen LogP) is 3.40. The lowest BCUT2D eigenvalue weighted by atomic mass is 10.2.